The lowest BCUT2D eigenvalue weighted by molar-refractivity contribution is -0.385. The van der Waals surface area contributed by atoms with Crippen LogP contribution in [0.3, 0.4) is 0 Å². The summed E-state index contributed by atoms with van der Waals surface area (Å²) in [7, 11) is 2.63. The third kappa shape index (κ3) is 7.76. The fourth-order valence-electron chi connectivity index (χ4n) is 2.26. The van der Waals surface area contributed by atoms with Crippen molar-refractivity contribution in [2.24, 2.45) is 5.73 Å². The third-order valence-electron chi connectivity index (χ3n) is 3.65. The Morgan fingerprint density at radius 2 is 2.00 bits per heavy atom. The first-order chi connectivity index (χ1) is 13.4. The van der Waals surface area contributed by atoms with Gasteiger partial charge in [0.05, 0.1) is 38.4 Å². The van der Waals surface area contributed by atoms with Crippen LogP contribution in [0.1, 0.15) is 18.4 Å². The minimum Gasteiger partial charge on any atom is -0.493 e. The predicted molar refractivity (Wildman–Crippen MR) is 100 cm³/mol. The molecule has 1 amide bonds. The Bertz CT molecular complexity index is 682. The predicted octanol–water partition coefficient (Wildman–Crippen LogP) is 0.0999. The van der Waals surface area contributed by atoms with Crippen molar-refractivity contribution in [1.82, 2.24) is 10.6 Å². The second-order valence-corrected chi connectivity index (χ2v) is 5.66. The summed E-state index contributed by atoms with van der Waals surface area (Å²) in [5, 5.41) is 16.7. The van der Waals surface area contributed by atoms with Crippen LogP contribution in [0.5, 0.6) is 11.5 Å². The van der Waals surface area contributed by atoms with Crippen LogP contribution in [-0.4, -0.2) is 57.3 Å². The Morgan fingerprint density at radius 1 is 1.25 bits per heavy atom. The molecule has 1 aromatic carbocycles. The Hall–Kier alpha value is -2.92. The number of carbonyl (C=O) groups is 2. The van der Waals surface area contributed by atoms with Gasteiger partial charge >= 0.3 is 5.97 Å². The Kier molecular flexibility index (Phi) is 10.3. The number of nitro groups is 1. The van der Waals surface area contributed by atoms with E-state index in [0.29, 0.717) is 30.8 Å². The zero-order chi connectivity index (χ0) is 20.9. The van der Waals surface area contributed by atoms with Gasteiger partial charge in [0.25, 0.3) is 5.69 Å². The molecule has 0 unspecified atom stereocenters. The maximum absolute atomic E-state index is 11.5. The number of hydrogen-bond donors (Lipinski definition) is 3. The van der Waals surface area contributed by atoms with E-state index in [0.717, 1.165) is 0 Å². The molecule has 0 heterocycles. The van der Waals surface area contributed by atoms with Crippen molar-refractivity contribution in [2.75, 3.05) is 40.5 Å². The van der Waals surface area contributed by atoms with Gasteiger partial charge in [-0.05, 0) is 12.5 Å². The van der Waals surface area contributed by atoms with Crippen LogP contribution in [-0.2, 0) is 20.9 Å². The van der Waals surface area contributed by atoms with E-state index in [1.54, 1.807) is 0 Å². The molecule has 1 rings (SSSR count). The number of nitrogens with one attached hydrogen (secondary N) is 2. The average Bonchev–Trinajstić information content (AvgIpc) is 2.69. The lowest BCUT2D eigenvalue weighted by Gasteiger charge is -2.13. The number of esters is 1. The highest BCUT2D eigenvalue weighted by Gasteiger charge is 2.20. The van der Waals surface area contributed by atoms with Crippen molar-refractivity contribution in [2.45, 2.75) is 19.4 Å². The number of nitrogens with two attached hydrogens (primary N) is 1. The Morgan fingerprint density at radius 3 is 2.61 bits per heavy atom. The topological polar surface area (TPSA) is 155 Å². The molecular weight excluding hydrogens is 372 g/mol. The summed E-state index contributed by atoms with van der Waals surface area (Å²) in [6, 6.07) is 2.74. The van der Waals surface area contributed by atoms with Crippen LogP contribution in [0.25, 0.3) is 0 Å². The molecule has 28 heavy (non-hydrogen) atoms. The van der Waals surface area contributed by atoms with Crippen LogP contribution >= 0.6 is 0 Å². The molecule has 156 valence electrons. The molecule has 0 saturated heterocycles. The van der Waals surface area contributed by atoms with Crippen LogP contribution in [0, 0.1) is 10.1 Å². The van der Waals surface area contributed by atoms with E-state index in [1.165, 1.54) is 26.4 Å². The van der Waals surface area contributed by atoms with E-state index in [-0.39, 0.29) is 43.5 Å². The van der Waals surface area contributed by atoms with Gasteiger partial charge < -0.3 is 30.6 Å². The number of nitro benzene ring substituents is 1. The van der Waals surface area contributed by atoms with E-state index in [4.69, 9.17) is 15.2 Å². The minimum atomic E-state index is -0.538. The molecule has 0 bridgehead atoms. The molecule has 0 fully saturated rings. The van der Waals surface area contributed by atoms with Crippen molar-refractivity contribution >= 4 is 17.6 Å². The van der Waals surface area contributed by atoms with Crippen LogP contribution in [0.15, 0.2) is 12.1 Å². The minimum absolute atomic E-state index is 0.0628. The van der Waals surface area contributed by atoms with Crippen LogP contribution in [0.4, 0.5) is 5.69 Å². The first-order valence-electron chi connectivity index (χ1n) is 8.65. The molecule has 0 atom stereocenters. The van der Waals surface area contributed by atoms with E-state index < -0.39 is 10.9 Å². The van der Waals surface area contributed by atoms with E-state index in [1.807, 2.05) is 0 Å². The van der Waals surface area contributed by atoms with Gasteiger partial charge in [-0.2, -0.15) is 0 Å². The summed E-state index contributed by atoms with van der Waals surface area (Å²) in [5.74, 6) is -0.0979. The normalized spacial score (nSPS) is 10.2. The number of methoxy groups -OCH3 is 2. The second kappa shape index (κ2) is 12.5. The monoisotopic (exact) mass is 398 g/mol. The molecular formula is C17H26N4O7. The lowest BCUT2D eigenvalue weighted by atomic mass is 10.1. The van der Waals surface area contributed by atoms with Gasteiger partial charge in [0.1, 0.15) is 0 Å². The number of nitrogens with zero attached hydrogens (tertiary/aromatic N) is 1. The zero-order valence-electron chi connectivity index (χ0n) is 16.0. The average molecular weight is 398 g/mol. The fraction of sp³-hybridized carbons (Fsp3) is 0.529. The molecule has 11 heteroatoms. The molecule has 0 radical (unpaired) electrons. The van der Waals surface area contributed by atoms with Gasteiger partial charge in [-0.15, -0.1) is 0 Å². The quantitative estimate of drug-likeness (QED) is 0.181. The fourth-order valence-corrected chi connectivity index (χ4v) is 2.26. The molecule has 0 saturated carbocycles. The number of hydrogen-bond acceptors (Lipinski definition) is 9. The second-order valence-electron chi connectivity index (χ2n) is 5.66. The summed E-state index contributed by atoms with van der Waals surface area (Å²) >= 11 is 0. The highest BCUT2D eigenvalue weighted by atomic mass is 16.6. The molecule has 4 N–H and O–H groups in total. The van der Waals surface area contributed by atoms with Crippen molar-refractivity contribution < 1.29 is 28.7 Å². The molecule has 0 aliphatic carbocycles. The van der Waals surface area contributed by atoms with Gasteiger partial charge in [0.15, 0.2) is 11.5 Å². The number of rotatable bonds is 13. The summed E-state index contributed by atoms with van der Waals surface area (Å²) in [5.41, 5.74) is 5.47. The van der Waals surface area contributed by atoms with Crippen molar-refractivity contribution in [1.29, 1.82) is 0 Å². The highest BCUT2D eigenvalue weighted by Crippen LogP contribution is 2.34. The SMILES string of the molecule is COC(=O)CNCc1cc(OCCCC(=O)NCCN)c(OC)cc1[N+](=O)[O-]. The molecule has 0 aliphatic heterocycles. The number of amides is 1. The van der Waals surface area contributed by atoms with Gasteiger partial charge in [0, 0.05) is 31.6 Å². The summed E-state index contributed by atoms with van der Waals surface area (Å²) in [4.78, 5) is 33.5. The molecule has 0 aliphatic rings. The highest BCUT2D eigenvalue weighted by molar-refractivity contribution is 5.75. The maximum Gasteiger partial charge on any atom is 0.319 e. The molecule has 11 nitrogen and oxygen atoms in total. The Labute approximate surface area is 162 Å². The van der Waals surface area contributed by atoms with Crippen LogP contribution < -0.4 is 25.8 Å². The van der Waals surface area contributed by atoms with Crippen molar-refractivity contribution in [3.05, 3.63) is 27.8 Å². The van der Waals surface area contributed by atoms with E-state index in [9.17, 15) is 19.7 Å². The van der Waals surface area contributed by atoms with Gasteiger partial charge in [-0.1, -0.05) is 0 Å². The summed E-state index contributed by atoms with van der Waals surface area (Å²) < 4.78 is 15.3. The Balaban J connectivity index is 2.77. The first kappa shape index (κ1) is 23.1. The van der Waals surface area contributed by atoms with Crippen molar-refractivity contribution in [3.63, 3.8) is 0 Å². The molecule has 0 spiro atoms. The molecule has 0 aromatic heterocycles. The largest absolute Gasteiger partial charge is 0.493 e. The third-order valence-corrected chi connectivity index (χ3v) is 3.65. The number of ether oxygens (including phenoxy) is 3. The smallest absolute Gasteiger partial charge is 0.319 e. The summed E-state index contributed by atoms with van der Waals surface area (Å²) in [6.07, 6.45) is 0.718. The standard InChI is InChI=1S/C17H26N4O7/c1-26-14-9-13(21(24)25)12(10-19-11-17(23)27-2)8-15(14)28-7-3-4-16(22)20-6-5-18/h8-9,19H,3-7,10-11,18H2,1-2H3,(H,20,22). The molecule has 1 aromatic rings. The van der Waals surface area contributed by atoms with Gasteiger partial charge in [-0.25, -0.2) is 0 Å². The summed E-state index contributed by atoms with van der Waals surface area (Å²) in [6.45, 7) is 0.979. The number of carbonyl (C=O) groups excluding carboxylic acids is 2. The van der Waals surface area contributed by atoms with Crippen LogP contribution in [0.2, 0.25) is 0 Å². The van der Waals surface area contributed by atoms with Gasteiger partial charge in [-0.3, -0.25) is 19.7 Å². The van der Waals surface area contributed by atoms with E-state index >= 15 is 0 Å². The van der Waals surface area contributed by atoms with E-state index in [2.05, 4.69) is 15.4 Å². The van der Waals surface area contributed by atoms with Gasteiger partial charge in [0.2, 0.25) is 5.91 Å². The lowest BCUT2D eigenvalue weighted by Crippen LogP contribution is -2.29. The van der Waals surface area contributed by atoms with Crippen molar-refractivity contribution in [3.8, 4) is 11.5 Å². The maximum atomic E-state index is 11.5. The zero-order valence-corrected chi connectivity index (χ0v) is 16.0. The first-order valence-corrected chi connectivity index (χ1v) is 8.65. The number of benzene rings is 1.